The Balaban J connectivity index is 1.76. The Labute approximate surface area is 134 Å². The van der Waals surface area contributed by atoms with Gasteiger partial charge in [0.1, 0.15) is 12.4 Å². The van der Waals surface area contributed by atoms with Crippen LogP contribution in [0.15, 0.2) is 72.9 Å². The number of pyridine rings is 1. The van der Waals surface area contributed by atoms with Crippen LogP contribution in [0.3, 0.4) is 0 Å². The molecule has 0 aliphatic carbocycles. The summed E-state index contributed by atoms with van der Waals surface area (Å²) in [7, 11) is 0. The van der Waals surface area contributed by atoms with Gasteiger partial charge < -0.3 is 9.84 Å². The number of ether oxygens (including phenoxy) is 1. The van der Waals surface area contributed by atoms with Crippen molar-refractivity contribution in [3.05, 3.63) is 84.1 Å². The van der Waals surface area contributed by atoms with Gasteiger partial charge in [0.25, 0.3) is 0 Å². The van der Waals surface area contributed by atoms with Crippen molar-refractivity contribution in [2.45, 2.75) is 6.61 Å². The molecular weight excluding hydrogens is 290 g/mol. The summed E-state index contributed by atoms with van der Waals surface area (Å²) < 4.78 is 5.72. The average molecular weight is 305 g/mol. The Morgan fingerprint density at radius 2 is 1.70 bits per heavy atom. The summed E-state index contributed by atoms with van der Waals surface area (Å²) in [5.74, 6) is -0.261. The van der Waals surface area contributed by atoms with Crippen LogP contribution in [-0.2, 0) is 6.61 Å². The Hall–Kier alpha value is -3.14. The van der Waals surface area contributed by atoms with Gasteiger partial charge in [0, 0.05) is 11.8 Å². The molecule has 0 saturated heterocycles. The quantitative estimate of drug-likeness (QED) is 0.773. The van der Waals surface area contributed by atoms with E-state index in [-0.39, 0.29) is 5.56 Å². The Morgan fingerprint density at radius 1 is 0.957 bits per heavy atom. The van der Waals surface area contributed by atoms with E-state index >= 15 is 0 Å². The lowest BCUT2D eigenvalue weighted by molar-refractivity contribution is 0.0697. The summed E-state index contributed by atoms with van der Waals surface area (Å²) in [5, 5.41) is 9.23. The van der Waals surface area contributed by atoms with E-state index in [0.29, 0.717) is 12.3 Å². The highest BCUT2D eigenvalue weighted by molar-refractivity contribution is 5.94. The van der Waals surface area contributed by atoms with Crippen LogP contribution in [0.4, 0.5) is 0 Å². The molecule has 0 aliphatic heterocycles. The summed E-state index contributed by atoms with van der Waals surface area (Å²) in [6.07, 6.45) is 1.58. The van der Waals surface area contributed by atoms with Crippen LogP contribution in [0.2, 0.25) is 0 Å². The van der Waals surface area contributed by atoms with Gasteiger partial charge >= 0.3 is 5.97 Å². The van der Waals surface area contributed by atoms with Crippen LogP contribution in [0.1, 0.15) is 15.9 Å². The van der Waals surface area contributed by atoms with Crippen molar-refractivity contribution in [2.24, 2.45) is 0 Å². The molecule has 4 nitrogen and oxygen atoms in total. The number of benzene rings is 2. The third kappa shape index (κ3) is 3.55. The summed E-state index contributed by atoms with van der Waals surface area (Å²) in [6.45, 7) is 0.490. The van der Waals surface area contributed by atoms with Crippen LogP contribution in [0.5, 0.6) is 5.75 Å². The largest absolute Gasteiger partial charge is 0.489 e. The molecule has 0 saturated carbocycles. The first-order valence-electron chi connectivity index (χ1n) is 7.19. The molecule has 1 N–H and O–H groups in total. The predicted octanol–water partition coefficient (Wildman–Crippen LogP) is 4.03. The zero-order valence-electron chi connectivity index (χ0n) is 12.3. The second-order valence-corrected chi connectivity index (χ2v) is 5.00. The molecule has 0 unspecified atom stereocenters. The maximum Gasteiger partial charge on any atom is 0.337 e. The summed E-state index contributed by atoms with van der Waals surface area (Å²) >= 11 is 0. The fourth-order valence-corrected chi connectivity index (χ4v) is 2.26. The van der Waals surface area contributed by atoms with E-state index in [1.165, 1.54) is 0 Å². The highest BCUT2D eigenvalue weighted by Crippen LogP contribution is 2.24. The molecule has 1 heterocycles. The van der Waals surface area contributed by atoms with Gasteiger partial charge in [-0.15, -0.1) is 0 Å². The molecule has 2 aromatic carbocycles. The first kappa shape index (κ1) is 14.8. The molecule has 3 rings (SSSR count). The summed E-state index contributed by atoms with van der Waals surface area (Å²) in [4.78, 5) is 15.4. The van der Waals surface area contributed by atoms with E-state index in [1.807, 2.05) is 54.6 Å². The highest BCUT2D eigenvalue weighted by atomic mass is 16.5. The lowest BCUT2D eigenvalue weighted by Crippen LogP contribution is -2.01. The number of carbonyl (C=O) groups is 1. The van der Waals surface area contributed by atoms with Crippen molar-refractivity contribution in [3.8, 4) is 17.0 Å². The lowest BCUT2D eigenvalue weighted by Gasteiger charge is -2.08. The minimum atomic E-state index is -0.988. The zero-order valence-corrected chi connectivity index (χ0v) is 12.3. The minimum Gasteiger partial charge on any atom is -0.489 e. The number of hydrogen-bond acceptors (Lipinski definition) is 3. The Morgan fingerprint density at radius 3 is 2.39 bits per heavy atom. The fraction of sp³-hybridized carbons (Fsp3) is 0.0526. The van der Waals surface area contributed by atoms with Crippen molar-refractivity contribution in [1.29, 1.82) is 0 Å². The normalized spacial score (nSPS) is 10.3. The predicted molar refractivity (Wildman–Crippen MR) is 87.4 cm³/mol. The molecule has 0 fully saturated rings. The molecule has 0 amide bonds. The summed E-state index contributed by atoms with van der Waals surface area (Å²) in [5.41, 5.74) is 2.48. The Bertz CT molecular complexity index is 798. The van der Waals surface area contributed by atoms with Crippen molar-refractivity contribution in [2.75, 3.05) is 0 Å². The van der Waals surface area contributed by atoms with Crippen LogP contribution >= 0.6 is 0 Å². The highest BCUT2D eigenvalue weighted by Gasteiger charge is 2.12. The van der Waals surface area contributed by atoms with E-state index in [9.17, 15) is 9.90 Å². The molecule has 3 aromatic rings. The van der Waals surface area contributed by atoms with E-state index in [1.54, 1.807) is 18.3 Å². The van der Waals surface area contributed by atoms with Crippen LogP contribution in [0, 0.1) is 0 Å². The molecule has 0 spiro atoms. The van der Waals surface area contributed by atoms with Crippen LogP contribution in [0.25, 0.3) is 11.3 Å². The first-order valence-corrected chi connectivity index (χ1v) is 7.19. The van der Waals surface area contributed by atoms with Crippen LogP contribution < -0.4 is 4.74 Å². The van der Waals surface area contributed by atoms with Gasteiger partial charge in [-0.3, -0.25) is 4.98 Å². The number of carboxylic acids is 1. The van der Waals surface area contributed by atoms with E-state index in [0.717, 1.165) is 16.9 Å². The maximum absolute atomic E-state index is 11.3. The molecule has 0 aliphatic rings. The van der Waals surface area contributed by atoms with E-state index < -0.39 is 5.97 Å². The average Bonchev–Trinajstić information content (AvgIpc) is 2.61. The van der Waals surface area contributed by atoms with Gasteiger partial charge in [-0.05, 0) is 42.0 Å². The second-order valence-electron chi connectivity index (χ2n) is 5.00. The standard InChI is InChI=1S/C19H15NO3/c21-19(22)17-7-4-12-20-18(17)15-8-10-16(11-9-15)23-13-14-5-2-1-3-6-14/h1-12H,13H2,(H,21,22). The van der Waals surface area contributed by atoms with Gasteiger partial charge in [-0.25, -0.2) is 4.79 Å². The van der Waals surface area contributed by atoms with Gasteiger partial charge in [0.05, 0.1) is 11.3 Å². The van der Waals surface area contributed by atoms with Gasteiger partial charge in [0.2, 0.25) is 0 Å². The first-order chi connectivity index (χ1) is 11.2. The molecule has 4 heteroatoms. The fourth-order valence-electron chi connectivity index (χ4n) is 2.26. The lowest BCUT2D eigenvalue weighted by atomic mass is 10.1. The number of aromatic nitrogens is 1. The monoisotopic (exact) mass is 305 g/mol. The van der Waals surface area contributed by atoms with Crippen LogP contribution in [-0.4, -0.2) is 16.1 Å². The molecule has 0 bridgehead atoms. The molecule has 23 heavy (non-hydrogen) atoms. The molecule has 1 aromatic heterocycles. The number of nitrogens with zero attached hydrogens (tertiary/aromatic N) is 1. The molecule has 0 atom stereocenters. The molecular formula is C19H15NO3. The number of aromatic carboxylic acids is 1. The zero-order chi connectivity index (χ0) is 16.1. The summed E-state index contributed by atoms with van der Waals surface area (Å²) in [6, 6.07) is 20.3. The van der Waals surface area contributed by atoms with Crippen molar-refractivity contribution < 1.29 is 14.6 Å². The Kier molecular flexibility index (Phi) is 4.34. The minimum absolute atomic E-state index is 0.186. The number of rotatable bonds is 5. The maximum atomic E-state index is 11.3. The van der Waals surface area contributed by atoms with Gasteiger partial charge in [0.15, 0.2) is 0 Å². The smallest absolute Gasteiger partial charge is 0.337 e. The number of hydrogen-bond donors (Lipinski definition) is 1. The third-order valence-corrected chi connectivity index (χ3v) is 3.41. The number of carboxylic acid groups (broad SMARTS) is 1. The van der Waals surface area contributed by atoms with E-state index in [2.05, 4.69) is 4.98 Å². The second kappa shape index (κ2) is 6.75. The third-order valence-electron chi connectivity index (χ3n) is 3.41. The topological polar surface area (TPSA) is 59.4 Å². The molecule has 114 valence electrons. The van der Waals surface area contributed by atoms with Gasteiger partial charge in [-0.2, -0.15) is 0 Å². The van der Waals surface area contributed by atoms with Gasteiger partial charge in [-0.1, -0.05) is 30.3 Å². The SMILES string of the molecule is O=C(O)c1cccnc1-c1ccc(OCc2ccccc2)cc1. The van der Waals surface area contributed by atoms with Crippen molar-refractivity contribution in [1.82, 2.24) is 4.98 Å². The van der Waals surface area contributed by atoms with E-state index in [4.69, 9.17) is 4.74 Å². The van der Waals surface area contributed by atoms with Crippen molar-refractivity contribution in [3.63, 3.8) is 0 Å². The molecule has 0 radical (unpaired) electrons. The van der Waals surface area contributed by atoms with Crippen molar-refractivity contribution >= 4 is 5.97 Å².